The van der Waals surface area contributed by atoms with Gasteiger partial charge in [0.15, 0.2) is 3.68 Å². The minimum atomic E-state index is -0.960. The molecule has 1 aliphatic rings. The van der Waals surface area contributed by atoms with Gasteiger partial charge in [-0.05, 0) is 42.4 Å². The van der Waals surface area contributed by atoms with Crippen molar-refractivity contribution in [3.8, 4) is 0 Å². The van der Waals surface area contributed by atoms with Gasteiger partial charge in [-0.15, -0.1) is 0 Å². The highest BCUT2D eigenvalue weighted by Crippen LogP contribution is 2.39. The summed E-state index contributed by atoms with van der Waals surface area (Å²) in [5, 5.41) is 0. The quantitative estimate of drug-likeness (QED) is 0.495. The van der Waals surface area contributed by atoms with Crippen molar-refractivity contribution >= 4 is 22.6 Å². The number of hydrogen-bond acceptors (Lipinski definition) is 0. The second kappa shape index (κ2) is 3.37. The molecule has 1 rings (SSSR count). The average Bonchev–Trinajstić information content (AvgIpc) is 1.88. The van der Waals surface area contributed by atoms with Crippen molar-refractivity contribution in [1.82, 2.24) is 0 Å². The van der Waals surface area contributed by atoms with Crippen LogP contribution in [-0.4, -0.2) is 3.68 Å². The zero-order chi connectivity index (χ0) is 7.61. The molecule has 1 unspecified atom stereocenters. The predicted octanol–water partition coefficient (Wildman–Crippen LogP) is 3.69. The summed E-state index contributed by atoms with van der Waals surface area (Å²) >= 11 is 1.93. The fraction of sp³-hybridized carbons (Fsp3) is 1.00. The molecule has 0 amide bonds. The third kappa shape index (κ3) is 2.36. The van der Waals surface area contributed by atoms with Crippen molar-refractivity contribution in [2.45, 2.75) is 42.7 Å². The maximum Gasteiger partial charge on any atom is 0.161 e. The SMILES string of the molecule is CC(F)(I)C1CCCCC1. The van der Waals surface area contributed by atoms with E-state index in [1.165, 1.54) is 19.3 Å². The Labute approximate surface area is 75.7 Å². The van der Waals surface area contributed by atoms with Crippen molar-refractivity contribution in [1.29, 1.82) is 0 Å². The minimum Gasteiger partial charge on any atom is -0.232 e. The maximum atomic E-state index is 13.3. The normalized spacial score (nSPS) is 27.9. The Bertz CT molecular complexity index is 100. The van der Waals surface area contributed by atoms with Gasteiger partial charge in [0.1, 0.15) is 0 Å². The van der Waals surface area contributed by atoms with Crippen LogP contribution >= 0.6 is 22.6 Å². The Hall–Kier alpha value is 0.660. The van der Waals surface area contributed by atoms with Gasteiger partial charge in [0, 0.05) is 5.92 Å². The molecular weight excluding hydrogens is 242 g/mol. The van der Waals surface area contributed by atoms with E-state index >= 15 is 0 Å². The van der Waals surface area contributed by atoms with Crippen molar-refractivity contribution in [2.75, 3.05) is 0 Å². The summed E-state index contributed by atoms with van der Waals surface area (Å²) in [5.41, 5.74) is 0. The minimum absolute atomic E-state index is 0.321. The molecule has 0 nitrogen and oxygen atoms in total. The molecule has 0 aromatic heterocycles. The maximum absolute atomic E-state index is 13.3. The van der Waals surface area contributed by atoms with Crippen LogP contribution in [0.2, 0.25) is 0 Å². The van der Waals surface area contributed by atoms with Crippen LogP contribution in [-0.2, 0) is 0 Å². The molecule has 1 aliphatic carbocycles. The molecular formula is C8H14FI. The van der Waals surface area contributed by atoms with Gasteiger partial charge >= 0.3 is 0 Å². The molecule has 60 valence electrons. The largest absolute Gasteiger partial charge is 0.232 e. The second-order valence-electron chi connectivity index (χ2n) is 3.29. The van der Waals surface area contributed by atoms with Crippen LogP contribution in [0, 0.1) is 5.92 Å². The monoisotopic (exact) mass is 256 g/mol. The Kier molecular flexibility index (Phi) is 2.95. The Morgan fingerprint density at radius 3 is 2.10 bits per heavy atom. The molecule has 0 aromatic carbocycles. The van der Waals surface area contributed by atoms with Gasteiger partial charge in [0.05, 0.1) is 0 Å². The van der Waals surface area contributed by atoms with Gasteiger partial charge in [0.2, 0.25) is 0 Å². The fourth-order valence-corrected chi connectivity index (χ4v) is 2.23. The van der Waals surface area contributed by atoms with Crippen LogP contribution in [0.1, 0.15) is 39.0 Å². The van der Waals surface area contributed by atoms with Crippen molar-refractivity contribution in [3.63, 3.8) is 0 Å². The molecule has 0 aromatic rings. The highest BCUT2D eigenvalue weighted by molar-refractivity contribution is 14.1. The van der Waals surface area contributed by atoms with Crippen LogP contribution in [0.3, 0.4) is 0 Å². The summed E-state index contributed by atoms with van der Waals surface area (Å²) in [6.07, 6.45) is 5.95. The van der Waals surface area contributed by atoms with Crippen LogP contribution in [0.25, 0.3) is 0 Å². The molecule has 1 atom stereocenters. The number of rotatable bonds is 1. The van der Waals surface area contributed by atoms with Gasteiger partial charge in [-0.3, -0.25) is 0 Å². The van der Waals surface area contributed by atoms with Crippen molar-refractivity contribution in [3.05, 3.63) is 0 Å². The summed E-state index contributed by atoms with van der Waals surface area (Å²) < 4.78 is 12.3. The van der Waals surface area contributed by atoms with E-state index in [0.717, 1.165) is 12.8 Å². The third-order valence-electron chi connectivity index (χ3n) is 2.32. The third-order valence-corrected chi connectivity index (χ3v) is 3.20. The van der Waals surface area contributed by atoms with E-state index in [2.05, 4.69) is 0 Å². The van der Waals surface area contributed by atoms with Gasteiger partial charge in [-0.1, -0.05) is 19.3 Å². The molecule has 10 heavy (non-hydrogen) atoms. The molecule has 0 N–H and O–H groups in total. The summed E-state index contributed by atoms with van der Waals surface area (Å²) in [5.74, 6) is 0.321. The first-order chi connectivity index (χ1) is 4.61. The lowest BCUT2D eigenvalue weighted by Crippen LogP contribution is -2.24. The van der Waals surface area contributed by atoms with E-state index in [0.29, 0.717) is 5.92 Å². The van der Waals surface area contributed by atoms with E-state index < -0.39 is 3.68 Å². The summed E-state index contributed by atoms with van der Waals surface area (Å²) in [6, 6.07) is 0. The first kappa shape index (κ1) is 8.75. The van der Waals surface area contributed by atoms with Crippen molar-refractivity contribution in [2.24, 2.45) is 5.92 Å². The summed E-state index contributed by atoms with van der Waals surface area (Å²) in [7, 11) is 0. The molecule has 1 fully saturated rings. The highest BCUT2D eigenvalue weighted by atomic mass is 127. The standard InChI is InChI=1S/C8H14FI/c1-8(9,10)7-5-3-2-4-6-7/h7H,2-6H2,1H3. The van der Waals surface area contributed by atoms with Gasteiger partial charge < -0.3 is 0 Å². The Morgan fingerprint density at radius 1 is 1.30 bits per heavy atom. The smallest absolute Gasteiger partial charge is 0.161 e. The molecule has 0 heterocycles. The van der Waals surface area contributed by atoms with E-state index in [1.807, 2.05) is 22.6 Å². The topological polar surface area (TPSA) is 0 Å². The molecule has 0 saturated heterocycles. The Morgan fingerprint density at radius 2 is 1.80 bits per heavy atom. The van der Waals surface area contributed by atoms with Gasteiger partial charge in [-0.25, -0.2) is 4.39 Å². The Balaban J connectivity index is 2.39. The van der Waals surface area contributed by atoms with Gasteiger partial charge in [0.25, 0.3) is 0 Å². The first-order valence-electron chi connectivity index (χ1n) is 3.98. The first-order valence-corrected chi connectivity index (χ1v) is 5.06. The summed E-state index contributed by atoms with van der Waals surface area (Å²) in [6.45, 7) is 1.70. The van der Waals surface area contributed by atoms with Crippen LogP contribution < -0.4 is 0 Å². The molecule has 1 saturated carbocycles. The number of halogens is 2. The predicted molar refractivity (Wildman–Crippen MR) is 50.1 cm³/mol. The highest BCUT2D eigenvalue weighted by Gasteiger charge is 2.31. The zero-order valence-corrected chi connectivity index (χ0v) is 8.53. The zero-order valence-electron chi connectivity index (χ0n) is 6.37. The molecule has 0 bridgehead atoms. The number of alkyl halides is 2. The van der Waals surface area contributed by atoms with E-state index in [-0.39, 0.29) is 0 Å². The molecule has 2 heteroatoms. The van der Waals surface area contributed by atoms with Crippen LogP contribution in [0.15, 0.2) is 0 Å². The number of hydrogen-bond donors (Lipinski definition) is 0. The van der Waals surface area contributed by atoms with Crippen LogP contribution in [0.5, 0.6) is 0 Å². The molecule has 0 spiro atoms. The fourth-order valence-electron chi connectivity index (χ4n) is 1.61. The molecule has 0 aliphatic heterocycles. The van der Waals surface area contributed by atoms with Crippen LogP contribution in [0.4, 0.5) is 4.39 Å². The molecule has 0 radical (unpaired) electrons. The second-order valence-corrected chi connectivity index (χ2v) is 5.40. The van der Waals surface area contributed by atoms with E-state index in [9.17, 15) is 4.39 Å². The summed E-state index contributed by atoms with van der Waals surface area (Å²) in [4.78, 5) is 0. The lowest BCUT2D eigenvalue weighted by atomic mass is 9.86. The van der Waals surface area contributed by atoms with E-state index in [1.54, 1.807) is 6.92 Å². The average molecular weight is 256 g/mol. The van der Waals surface area contributed by atoms with Gasteiger partial charge in [-0.2, -0.15) is 0 Å². The lowest BCUT2D eigenvalue weighted by Gasteiger charge is -2.28. The van der Waals surface area contributed by atoms with Crippen molar-refractivity contribution < 1.29 is 4.39 Å². The lowest BCUT2D eigenvalue weighted by molar-refractivity contribution is 0.182. The van der Waals surface area contributed by atoms with E-state index in [4.69, 9.17) is 0 Å².